The van der Waals surface area contributed by atoms with Crippen molar-refractivity contribution in [1.29, 1.82) is 0 Å². The fourth-order valence-electron chi connectivity index (χ4n) is 1.27. The lowest BCUT2D eigenvalue weighted by Crippen LogP contribution is -2.12. The van der Waals surface area contributed by atoms with Crippen LogP contribution in [0.25, 0.3) is 0 Å². The number of allylic oxidation sites excluding steroid dienone is 3. The van der Waals surface area contributed by atoms with E-state index in [0.717, 1.165) is 31.0 Å². The van der Waals surface area contributed by atoms with Gasteiger partial charge in [0, 0.05) is 0 Å². The van der Waals surface area contributed by atoms with Crippen molar-refractivity contribution in [1.82, 2.24) is 5.32 Å². The van der Waals surface area contributed by atoms with Crippen LogP contribution in [0.2, 0.25) is 0 Å². The summed E-state index contributed by atoms with van der Waals surface area (Å²) < 4.78 is 10.5. The Kier molecular flexibility index (Phi) is 5.63. The maximum Gasteiger partial charge on any atom is 0.231 e. The Morgan fingerprint density at radius 3 is 2.87 bits per heavy atom. The van der Waals surface area contributed by atoms with E-state index in [-0.39, 0.29) is 0 Å². The van der Waals surface area contributed by atoms with Crippen molar-refractivity contribution in [2.24, 2.45) is 0 Å². The third kappa shape index (κ3) is 4.21. The van der Waals surface area contributed by atoms with Gasteiger partial charge in [-0.3, -0.25) is 0 Å². The largest absolute Gasteiger partial charge is 0.454 e. The summed E-state index contributed by atoms with van der Waals surface area (Å²) in [5.74, 6) is 1.64. The highest BCUT2D eigenvalue weighted by Crippen LogP contribution is 2.20. The van der Waals surface area contributed by atoms with Gasteiger partial charge in [-0.1, -0.05) is 19.1 Å². The molecule has 1 rings (SSSR count). The summed E-state index contributed by atoms with van der Waals surface area (Å²) in [6, 6.07) is 0. The first-order valence-corrected chi connectivity index (χ1v) is 5.38. The van der Waals surface area contributed by atoms with E-state index >= 15 is 0 Å². The van der Waals surface area contributed by atoms with E-state index in [1.54, 1.807) is 0 Å². The van der Waals surface area contributed by atoms with Crippen LogP contribution in [0, 0.1) is 0 Å². The molecule has 3 heteroatoms. The Morgan fingerprint density at radius 1 is 1.33 bits per heavy atom. The van der Waals surface area contributed by atoms with Crippen LogP contribution in [0.4, 0.5) is 0 Å². The zero-order valence-corrected chi connectivity index (χ0v) is 9.45. The monoisotopic (exact) mass is 209 g/mol. The molecule has 0 atom stereocenters. The van der Waals surface area contributed by atoms with E-state index < -0.39 is 0 Å². The van der Waals surface area contributed by atoms with Crippen molar-refractivity contribution in [3.63, 3.8) is 0 Å². The van der Waals surface area contributed by atoms with Crippen LogP contribution in [0.3, 0.4) is 0 Å². The van der Waals surface area contributed by atoms with Crippen molar-refractivity contribution in [2.45, 2.75) is 20.3 Å². The SMILES string of the molecule is C/C=C1/OCO/C1=C/C=C/CCNCC. The molecule has 1 fully saturated rings. The number of hydrogen-bond acceptors (Lipinski definition) is 3. The van der Waals surface area contributed by atoms with Crippen LogP contribution in [-0.2, 0) is 9.47 Å². The highest BCUT2D eigenvalue weighted by molar-refractivity contribution is 5.25. The summed E-state index contributed by atoms with van der Waals surface area (Å²) in [5, 5.41) is 3.26. The highest BCUT2D eigenvalue weighted by atomic mass is 16.7. The van der Waals surface area contributed by atoms with Gasteiger partial charge in [0.1, 0.15) is 0 Å². The second kappa shape index (κ2) is 7.12. The Balaban J connectivity index is 2.30. The molecule has 3 nitrogen and oxygen atoms in total. The lowest BCUT2D eigenvalue weighted by atomic mass is 10.3. The molecule has 0 amide bonds. The molecular weight excluding hydrogens is 190 g/mol. The van der Waals surface area contributed by atoms with Gasteiger partial charge in [-0.05, 0) is 38.6 Å². The van der Waals surface area contributed by atoms with Gasteiger partial charge in [0.15, 0.2) is 11.5 Å². The van der Waals surface area contributed by atoms with Crippen LogP contribution < -0.4 is 5.32 Å². The third-order valence-electron chi connectivity index (χ3n) is 2.06. The summed E-state index contributed by atoms with van der Waals surface area (Å²) >= 11 is 0. The number of rotatable bonds is 5. The van der Waals surface area contributed by atoms with Gasteiger partial charge in [-0.25, -0.2) is 0 Å². The fraction of sp³-hybridized carbons (Fsp3) is 0.500. The normalized spacial score (nSPS) is 21.2. The second-order valence-corrected chi connectivity index (χ2v) is 3.16. The second-order valence-electron chi connectivity index (χ2n) is 3.16. The first-order chi connectivity index (χ1) is 7.38. The van der Waals surface area contributed by atoms with E-state index in [2.05, 4.69) is 18.3 Å². The summed E-state index contributed by atoms with van der Waals surface area (Å²) in [4.78, 5) is 0. The molecule has 1 aliphatic heterocycles. The predicted octanol–water partition coefficient (Wildman–Crippen LogP) is 2.33. The molecular formula is C12H19NO2. The predicted molar refractivity (Wildman–Crippen MR) is 61.2 cm³/mol. The smallest absolute Gasteiger partial charge is 0.231 e. The Morgan fingerprint density at radius 2 is 2.13 bits per heavy atom. The number of hydrogen-bond donors (Lipinski definition) is 1. The molecule has 0 aromatic rings. The zero-order chi connectivity index (χ0) is 10.9. The molecule has 0 spiro atoms. The van der Waals surface area contributed by atoms with Gasteiger partial charge in [-0.15, -0.1) is 0 Å². The van der Waals surface area contributed by atoms with Gasteiger partial charge in [-0.2, -0.15) is 0 Å². The van der Waals surface area contributed by atoms with Crippen molar-refractivity contribution >= 4 is 0 Å². The van der Waals surface area contributed by atoms with Gasteiger partial charge < -0.3 is 14.8 Å². The van der Waals surface area contributed by atoms with E-state index in [1.807, 2.05) is 25.2 Å². The summed E-state index contributed by atoms with van der Waals surface area (Å²) in [6.45, 7) is 6.41. The fourth-order valence-corrected chi connectivity index (χ4v) is 1.27. The molecule has 0 aromatic carbocycles. The van der Waals surface area contributed by atoms with Gasteiger partial charge in [0.05, 0.1) is 0 Å². The average Bonchev–Trinajstić information content (AvgIpc) is 2.70. The van der Waals surface area contributed by atoms with Gasteiger partial charge >= 0.3 is 0 Å². The van der Waals surface area contributed by atoms with Crippen molar-refractivity contribution in [3.8, 4) is 0 Å². The zero-order valence-electron chi connectivity index (χ0n) is 9.45. The molecule has 0 saturated carbocycles. The molecule has 1 saturated heterocycles. The first kappa shape index (κ1) is 11.9. The van der Waals surface area contributed by atoms with Crippen molar-refractivity contribution in [2.75, 3.05) is 19.9 Å². The summed E-state index contributed by atoms with van der Waals surface area (Å²) in [7, 11) is 0. The summed E-state index contributed by atoms with van der Waals surface area (Å²) in [6.07, 6.45) is 9.00. The van der Waals surface area contributed by atoms with Crippen LogP contribution in [0.1, 0.15) is 20.3 Å². The molecule has 84 valence electrons. The first-order valence-electron chi connectivity index (χ1n) is 5.38. The number of nitrogens with one attached hydrogen (secondary N) is 1. The van der Waals surface area contributed by atoms with Crippen molar-refractivity contribution < 1.29 is 9.47 Å². The molecule has 0 radical (unpaired) electrons. The molecule has 0 aromatic heterocycles. The molecule has 0 bridgehead atoms. The molecule has 1 heterocycles. The maximum atomic E-state index is 5.29. The topological polar surface area (TPSA) is 30.5 Å². The Hall–Kier alpha value is -1.22. The number of ether oxygens (including phenoxy) is 2. The van der Waals surface area contributed by atoms with Crippen LogP contribution in [0.15, 0.2) is 35.8 Å². The minimum Gasteiger partial charge on any atom is -0.454 e. The lowest BCUT2D eigenvalue weighted by Gasteiger charge is -1.95. The highest BCUT2D eigenvalue weighted by Gasteiger charge is 2.13. The van der Waals surface area contributed by atoms with Crippen LogP contribution in [-0.4, -0.2) is 19.9 Å². The Bertz CT molecular complexity index is 267. The molecule has 15 heavy (non-hydrogen) atoms. The molecule has 1 N–H and O–H groups in total. The average molecular weight is 209 g/mol. The van der Waals surface area contributed by atoms with E-state index in [4.69, 9.17) is 9.47 Å². The van der Waals surface area contributed by atoms with Crippen LogP contribution in [0.5, 0.6) is 0 Å². The van der Waals surface area contributed by atoms with Crippen molar-refractivity contribution in [3.05, 3.63) is 35.8 Å². The minimum absolute atomic E-state index is 0.330. The van der Waals surface area contributed by atoms with Gasteiger partial charge in [0.2, 0.25) is 6.79 Å². The molecule has 0 aliphatic carbocycles. The van der Waals surface area contributed by atoms with E-state index in [0.29, 0.717) is 6.79 Å². The Labute approximate surface area is 91.5 Å². The van der Waals surface area contributed by atoms with Crippen LogP contribution >= 0.6 is 0 Å². The summed E-state index contributed by atoms with van der Waals surface area (Å²) in [5.41, 5.74) is 0. The maximum absolute atomic E-state index is 5.29. The third-order valence-corrected chi connectivity index (χ3v) is 2.06. The molecule has 0 unspecified atom stereocenters. The quantitative estimate of drug-likeness (QED) is 0.705. The minimum atomic E-state index is 0.330. The van der Waals surface area contributed by atoms with E-state index in [9.17, 15) is 0 Å². The van der Waals surface area contributed by atoms with Gasteiger partial charge in [0.25, 0.3) is 0 Å². The molecule has 1 aliphatic rings. The van der Waals surface area contributed by atoms with E-state index in [1.165, 1.54) is 0 Å². The lowest BCUT2D eigenvalue weighted by molar-refractivity contribution is 0.0976. The standard InChI is InChI=1S/C12H19NO2/c1-3-11-12(15-10-14-11)8-6-5-7-9-13-4-2/h3,5-6,8,13H,4,7,9-10H2,1-2H3/b6-5+,11-3+,12-8+.